The van der Waals surface area contributed by atoms with Crippen LogP contribution in [0.2, 0.25) is 0 Å². The Kier molecular flexibility index (Phi) is 4.36. The third-order valence-corrected chi connectivity index (χ3v) is 3.71. The molecular formula is C13H22N4O. The van der Waals surface area contributed by atoms with Gasteiger partial charge in [0.25, 0.3) is 0 Å². The van der Waals surface area contributed by atoms with Crippen molar-refractivity contribution in [3.63, 3.8) is 0 Å². The van der Waals surface area contributed by atoms with Crippen LogP contribution < -0.4 is 15.4 Å². The van der Waals surface area contributed by atoms with Crippen molar-refractivity contribution >= 4 is 5.82 Å². The Morgan fingerprint density at radius 3 is 2.44 bits per heavy atom. The molecule has 0 radical (unpaired) electrons. The average molecular weight is 250 g/mol. The minimum atomic E-state index is 0.507. The number of hydrogen-bond acceptors (Lipinski definition) is 5. The zero-order valence-electron chi connectivity index (χ0n) is 11.4. The van der Waals surface area contributed by atoms with Gasteiger partial charge in [-0.15, -0.1) is 0 Å². The van der Waals surface area contributed by atoms with Gasteiger partial charge in [0, 0.05) is 12.1 Å². The van der Waals surface area contributed by atoms with E-state index in [2.05, 4.69) is 20.6 Å². The molecule has 2 N–H and O–H groups in total. The highest BCUT2D eigenvalue weighted by atomic mass is 16.5. The molecule has 100 valence electrons. The minimum absolute atomic E-state index is 0.507. The molecule has 1 aliphatic rings. The number of hydrogen-bond donors (Lipinski definition) is 2. The normalized spacial score (nSPS) is 23.7. The van der Waals surface area contributed by atoms with E-state index < -0.39 is 0 Å². The quantitative estimate of drug-likeness (QED) is 0.852. The number of nitrogens with zero attached hydrogens (tertiary/aromatic N) is 2. The number of ether oxygens (including phenoxy) is 1. The van der Waals surface area contributed by atoms with Crippen molar-refractivity contribution < 1.29 is 4.74 Å². The molecule has 0 spiro atoms. The molecule has 0 saturated heterocycles. The molecule has 0 amide bonds. The summed E-state index contributed by atoms with van der Waals surface area (Å²) in [6.07, 6.45) is 6.34. The van der Waals surface area contributed by atoms with Gasteiger partial charge in [0.1, 0.15) is 12.1 Å². The summed E-state index contributed by atoms with van der Waals surface area (Å²) < 4.78 is 5.21. The van der Waals surface area contributed by atoms with Crippen LogP contribution >= 0.6 is 0 Å². The second-order valence-electron chi connectivity index (χ2n) is 4.84. The second kappa shape index (κ2) is 6.00. The van der Waals surface area contributed by atoms with E-state index in [9.17, 15) is 0 Å². The van der Waals surface area contributed by atoms with Crippen molar-refractivity contribution in [2.45, 2.75) is 44.7 Å². The molecule has 5 nitrogen and oxygen atoms in total. The zero-order chi connectivity index (χ0) is 13.0. The fraction of sp³-hybridized carbons (Fsp3) is 0.692. The van der Waals surface area contributed by atoms with Gasteiger partial charge in [-0.05, 0) is 39.7 Å². The summed E-state index contributed by atoms with van der Waals surface area (Å²) in [7, 11) is 3.68. The Balaban J connectivity index is 1.98. The number of nitrogens with one attached hydrogen (secondary N) is 2. The summed E-state index contributed by atoms with van der Waals surface area (Å²) in [5.41, 5.74) is 0.982. The van der Waals surface area contributed by atoms with Crippen molar-refractivity contribution in [3.05, 3.63) is 11.9 Å². The van der Waals surface area contributed by atoms with E-state index in [1.807, 2.05) is 14.0 Å². The van der Waals surface area contributed by atoms with Crippen molar-refractivity contribution in [2.24, 2.45) is 0 Å². The van der Waals surface area contributed by atoms with Gasteiger partial charge in [0.05, 0.1) is 12.7 Å². The Labute approximate surface area is 108 Å². The number of rotatable bonds is 4. The number of anilines is 1. The Hall–Kier alpha value is -1.36. The lowest BCUT2D eigenvalue weighted by molar-refractivity contribution is 0.370. The molecule has 0 atom stereocenters. The van der Waals surface area contributed by atoms with Gasteiger partial charge < -0.3 is 15.4 Å². The van der Waals surface area contributed by atoms with Gasteiger partial charge >= 0.3 is 0 Å². The topological polar surface area (TPSA) is 59.1 Å². The van der Waals surface area contributed by atoms with E-state index in [4.69, 9.17) is 4.74 Å². The van der Waals surface area contributed by atoms with Gasteiger partial charge in [-0.2, -0.15) is 0 Å². The van der Waals surface area contributed by atoms with E-state index in [0.29, 0.717) is 18.0 Å². The SMILES string of the molecule is CNC1CCC(Nc2ncnc(OC)c2C)CC1. The second-order valence-corrected chi connectivity index (χ2v) is 4.84. The lowest BCUT2D eigenvalue weighted by atomic mass is 9.91. The molecule has 1 aromatic heterocycles. The summed E-state index contributed by atoms with van der Waals surface area (Å²) in [6.45, 7) is 1.99. The first-order chi connectivity index (χ1) is 8.74. The van der Waals surface area contributed by atoms with Crippen molar-refractivity contribution in [1.82, 2.24) is 15.3 Å². The molecule has 1 heterocycles. The first kappa shape index (κ1) is 13.1. The Morgan fingerprint density at radius 2 is 1.83 bits per heavy atom. The molecule has 1 saturated carbocycles. The van der Waals surface area contributed by atoms with Gasteiger partial charge in [0.2, 0.25) is 5.88 Å². The van der Waals surface area contributed by atoms with E-state index in [0.717, 1.165) is 11.4 Å². The van der Waals surface area contributed by atoms with Crippen LogP contribution in [-0.4, -0.2) is 36.2 Å². The van der Waals surface area contributed by atoms with E-state index in [1.54, 1.807) is 13.4 Å². The highest BCUT2D eigenvalue weighted by Crippen LogP contribution is 2.25. The summed E-state index contributed by atoms with van der Waals surface area (Å²) in [5.74, 6) is 1.55. The number of aromatic nitrogens is 2. The van der Waals surface area contributed by atoms with Crippen LogP contribution in [0.5, 0.6) is 5.88 Å². The average Bonchev–Trinajstić information content (AvgIpc) is 2.42. The van der Waals surface area contributed by atoms with Crippen LogP contribution in [0.15, 0.2) is 6.33 Å². The molecule has 1 fully saturated rings. The van der Waals surface area contributed by atoms with Crippen LogP contribution in [0.1, 0.15) is 31.2 Å². The standard InChI is InChI=1S/C13H22N4O/c1-9-12(15-8-16-13(9)18-3)17-11-6-4-10(14-2)5-7-11/h8,10-11,14H,4-7H2,1-3H3,(H,15,16,17). The maximum atomic E-state index is 5.21. The molecule has 2 rings (SSSR count). The lowest BCUT2D eigenvalue weighted by Gasteiger charge is -2.29. The third-order valence-electron chi connectivity index (χ3n) is 3.71. The molecular weight excluding hydrogens is 228 g/mol. The molecule has 1 aliphatic carbocycles. The summed E-state index contributed by atoms with van der Waals surface area (Å²) in [4.78, 5) is 8.39. The lowest BCUT2D eigenvalue weighted by Crippen LogP contribution is -2.35. The molecule has 0 bridgehead atoms. The van der Waals surface area contributed by atoms with E-state index in [-0.39, 0.29) is 0 Å². The van der Waals surface area contributed by atoms with Crippen LogP contribution in [0.4, 0.5) is 5.82 Å². The van der Waals surface area contributed by atoms with Crippen LogP contribution in [-0.2, 0) is 0 Å². The molecule has 0 aliphatic heterocycles. The highest BCUT2D eigenvalue weighted by molar-refractivity contribution is 5.48. The predicted molar refractivity (Wildman–Crippen MR) is 72.0 cm³/mol. The van der Waals surface area contributed by atoms with Crippen molar-refractivity contribution in [1.29, 1.82) is 0 Å². The van der Waals surface area contributed by atoms with Crippen LogP contribution in [0.3, 0.4) is 0 Å². The molecule has 1 aromatic rings. The van der Waals surface area contributed by atoms with E-state index in [1.165, 1.54) is 25.7 Å². The van der Waals surface area contributed by atoms with Gasteiger partial charge in [0.15, 0.2) is 0 Å². The van der Waals surface area contributed by atoms with Crippen molar-refractivity contribution in [2.75, 3.05) is 19.5 Å². The van der Waals surface area contributed by atoms with Gasteiger partial charge in [-0.1, -0.05) is 0 Å². The number of methoxy groups -OCH3 is 1. The largest absolute Gasteiger partial charge is 0.481 e. The summed E-state index contributed by atoms with van der Waals surface area (Å²) in [5, 5.41) is 6.85. The van der Waals surface area contributed by atoms with Gasteiger partial charge in [-0.3, -0.25) is 0 Å². The molecule has 5 heteroatoms. The maximum Gasteiger partial charge on any atom is 0.221 e. The molecule has 18 heavy (non-hydrogen) atoms. The first-order valence-corrected chi connectivity index (χ1v) is 6.54. The zero-order valence-corrected chi connectivity index (χ0v) is 11.4. The predicted octanol–water partition coefficient (Wildman–Crippen LogP) is 1.74. The minimum Gasteiger partial charge on any atom is -0.481 e. The molecule has 0 aromatic carbocycles. The maximum absolute atomic E-state index is 5.21. The molecule has 0 unspecified atom stereocenters. The summed E-state index contributed by atoms with van der Waals surface area (Å²) in [6, 6.07) is 1.18. The first-order valence-electron chi connectivity index (χ1n) is 6.54. The monoisotopic (exact) mass is 250 g/mol. The van der Waals surface area contributed by atoms with E-state index >= 15 is 0 Å². The Morgan fingerprint density at radius 1 is 1.17 bits per heavy atom. The fourth-order valence-corrected chi connectivity index (χ4v) is 2.51. The van der Waals surface area contributed by atoms with Crippen LogP contribution in [0.25, 0.3) is 0 Å². The van der Waals surface area contributed by atoms with Gasteiger partial charge in [-0.25, -0.2) is 9.97 Å². The van der Waals surface area contributed by atoms with Crippen LogP contribution in [0, 0.1) is 6.92 Å². The van der Waals surface area contributed by atoms with Crippen molar-refractivity contribution in [3.8, 4) is 5.88 Å². The fourth-order valence-electron chi connectivity index (χ4n) is 2.51. The highest BCUT2D eigenvalue weighted by Gasteiger charge is 2.21. The Bertz CT molecular complexity index is 389. The third kappa shape index (κ3) is 2.90. The summed E-state index contributed by atoms with van der Waals surface area (Å²) >= 11 is 0. The smallest absolute Gasteiger partial charge is 0.221 e.